The number of nitrogens with one attached hydrogen (secondary N) is 2. The number of non-ortho nitro benzene ring substituents is 1. The zero-order chi connectivity index (χ0) is 14.6. The van der Waals surface area contributed by atoms with Crippen LogP contribution >= 0.6 is 0 Å². The van der Waals surface area contributed by atoms with Gasteiger partial charge in [-0.25, -0.2) is 18.1 Å². The Morgan fingerprint density at radius 3 is 2.55 bits per heavy atom. The molecule has 2 N–H and O–H groups in total. The third kappa shape index (κ3) is 3.87. The molecule has 0 fully saturated rings. The van der Waals surface area contributed by atoms with Gasteiger partial charge < -0.3 is 4.98 Å². The molecule has 1 aromatic heterocycles. The first-order valence-electron chi connectivity index (χ1n) is 5.65. The second-order valence-corrected chi connectivity index (χ2v) is 5.85. The summed E-state index contributed by atoms with van der Waals surface area (Å²) in [7, 11) is -3.52. The van der Waals surface area contributed by atoms with Crippen molar-refractivity contribution in [2.24, 2.45) is 0 Å². The fraction of sp³-hybridized carbons (Fsp3) is 0.182. The Hall–Kier alpha value is -2.26. The molecule has 1 aromatic carbocycles. The Morgan fingerprint density at radius 1 is 1.30 bits per heavy atom. The Bertz CT molecular complexity index is 680. The average molecular weight is 296 g/mol. The highest BCUT2D eigenvalue weighted by molar-refractivity contribution is 7.88. The maximum absolute atomic E-state index is 11.8. The van der Waals surface area contributed by atoms with Crippen LogP contribution in [-0.2, 0) is 22.3 Å². The molecule has 0 aliphatic heterocycles. The molecule has 9 heteroatoms. The SMILES string of the molecule is O=[N+]([O-])c1ccc(CS(=O)(=O)NCc2ncc[nH]2)cc1. The van der Waals surface area contributed by atoms with Gasteiger partial charge in [0.15, 0.2) is 0 Å². The number of imidazole rings is 1. The minimum Gasteiger partial charge on any atom is -0.347 e. The topological polar surface area (TPSA) is 118 Å². The van der Waals surface area contributed by atoms with Crippen molar-refractivity contribution in [1.82, 2.24) is 14.7 Å². The molecule has 8 nitrogen and oxygen atoms in total. The molecule has 0 saturated heterocycles. The van der Waals surface area contributed by atoms with Crippen LogP contribution in [0.1, 0.15) is 11.4 Å². The number of hydrogen-bond acceptors (Lipinski definition) is 5. The number of rotatable bonds is 6. The van der Waals surface area contributed by atoms with E-state index in [1.54, 1.807) is 6.20 Å². The molecular weight excluding hydrogens is 284 g/mol. The molecule has 2 rings (SSSR count). The molecule has 2 aromatic rings. The summed E-state index contributed by atoms with van der Waals surface area (Å²) in [5.74, 6) is 0.267. The van der Waals surface area contributed by atoms with Gasteiger partial charge in [-0.1, -0.05) is 12.1 Å². The lowest BCUT2D eigenvalue weighted by molar-refractivity contribution is -0.384. The van der Waals surface area contributed by atoms with Crippen LogP contribution in [0.15, 0.2) is 36.7 Å². The summed E-state index contributed by atoms with van der Waals surface area (Å²) >= 11 is 0. The molecule has 0 bridgehead atoms. The molecule has 0 atom stereocenters. The number of nitrogens with zero attached hydrogens (tertiary/aromatic N) is 2. The van der Waals surface area contributed by atoms with Gasteiger partial charge in [0.05, 0.1) is 17.2 Å². The quantitative estimate of drug-likeness (QED) is 0.607. The maximum atomic E-state index is 11.8. The van der Waals surface area contributed by atoms with Gasteiger partial charge >= 0.3 is 0 Å². The average Bonchev–Trinajstić information content (AvgIpc) is 2.90. The maximum Gasteiger partial charge on any atom is 0.269 e. The lowest BCUT2D eigenvalue weighted by Gasteiger charge is -2.05. The first-order chi connectivity index (χ1) is 9.46. The zero-order valence-electron chi connectivity index (χ0n) is 10.3. The van der Waals surface area contributed by atoms with Crippen LogP contribution in [0.5, 0.6) is 0 Å². The van der Waals surface area contributed by atoms with Gasteiger partial charge in [-0.15, -0.1) is 0 Å². The summed E-state index contributed by atoms with van der Waals surface area (Å²) in [6.45, 7) is 0.0717. The largest absolute Gasteiger partial charge is 0.347 e. The summed E-state index contributed by atoms with van der Waals surface area (Å²) in [6, 6.07) is 5.39. The van der Waals surface area contributed by atoms with E-state index in [0.717, 1.165) is 0 Å². The Balaban J connectivity index is 1.98. The number of nitro groups is 1. The zero-order valence-corrected chi connectivity index (χ0v) is 11.1. The van der Waals surface area contributed by atoms with E-state index < -0.39 is 14.9 Å². The molecule has 106 valence electrons. The summed E-state index contributed by atoms with van der Waals surface area (Å²) in [6.07, 6.45) is 3.12. The number of hydrogen-bond donors (Lipinski definition) is 2. The van der Waals surface area contributed by atoms with Crippen LogP contribution in [0.4, 0.5) is 5.69 Å². The van der Waals surface area contributed by atoms with Gasteiger partial charge in [-0.05, 0) is 5.56 Å². The molecule has 1 heterocycles. The molecule has 0 saturated carbocycles. The fourth-order valence-corrected chi connectivity index (χ4v) is 2.65. The molecule has 0 spiro atoms. The number of sulfonamides is 1. The van der Waals surface area contributed by atoms with Crippen LogP contribution in [-0.4, -0.2) is 23.3 Å². The first-order valence-corrected chi connectivity index (χ1v) is 7.30. The fourth-order valence-electron chi connectivity index (χ4n) is 1.56. The van der Waals surface area contributed by atoms with Crippen LogP contribution in [0.2, 0.25) is 0 Å². The van der Waals surface area contributed by atoms with E-state index >= 15 is 0 Å². The van der Waals surface area contributed by atoms with Crippen LogP contribution in [0.25, 0.3) is 0 Å². The molecule has 0 radical (unpaired) electrons. The molecule has 0 unspecified atom stereocenters. The smallest absolute Gasteiger partial charge is 0.269 e. The second-order valence-electron chi connectivity index (χ2n) is 4.04. The third-order valence-corrected chi connectivity index (χ3v) is 3.82. The van der Waals surface area contributed by atoms with E-state index in [1.807, 2.05) is 0 Å². The number of aromatic nitrogens is 2. The number of H-pyrrole nitrogens is 1. The van der Waals surface area contributed by atoms with Crippen molar-refractivity contribution in [2.75, 3.05) is 0 Å². The van der Waals surface area contributed by atoms with E-state index in [0.29, 0.717) is 11.4 Å². The molecule has 20 heavy (non-hydrogen) atoms. The molecular formula is C11H12N4O4S. The van der Waals surface area contributed by atoms with E-state index in [-0.39, 0.29) is 18.0 Å². The van der Waals surface area contributed by atoms with Gasteiger partial charge in [0.2, 0.25) is 10.0 Å². The minimum absolute atomic E-state index is 0.0717. The van der Waals surface area contributed by atoms with Crippen LogP contribution in [0.3, 0.4) is 0 Å². The highest BCUT2D eigenvalue weighted by Gasteiger charge is 2.13. The molecule has 0 aliphatic carbocycles. The lowest BCUT2D eigenvalue weighted by Crippen LogP contribution is -2.25. The standard InChI is InChI=1S/C11H12N4O4S/c16-15(17)10-3-1-9(2-4-10)8-20(18,19)14-7-11-12-5-6-13-11/h1-6,14H,7-8H2,(H,12,13). The summed E-state index contributed by atoms with van der Waals surface area (Å²) in [4.78, 5) is 16.6. The molecule has 0 amide bonds. The van der Waals surface area contributed by atoms with Crippen molar-refractivity contribution >= 4 is 15.7 Å². The second kappa shape index (κ2) is 5.80. The van der Waals surface area contributed by atoms with Gasteiger partial charge in [0.1, 0.15) is 5.82 Å². The van der Waals surface area contributed by atoms with E-state index in [1.165, 1.54) is 30.5 Å². The summed E-state index contributed by atoms with van der Waals surface area (Å²) in [5, 5.41) is 10.5. The van der Waals surface area contributed by atoms with Crippen molar-refractivity contribution < 1.29 is 13.3 Å². The van der Waals surface area contributed by atoms with Gasteiger partial charge in [-0.3, -0.25) is 10.1 Å². The monoisotopic (exact) mass is 296 g/mol. The van der Waals surface area contributed by atoms with E-state index in [9.17, 15) is 18.5 Å². The third-order valence-electron chi connectivity index (χ3n) is 2.52. The summed E-state index contributed by atoms with van der Waals surface area (Å²) < 4.78 is 26.0. The minimum atomic E-state index is -3.52. The van der Waals surface area contributed by atoms with Crippen molar-refractivity contribution in [3.8, 4) is 0 Å². The van der Waals surface area contributed by atoms with Gasteiger partial charge in [-0.2, -0.15) is 0 Å². The lowest BCUT2D eigenvalue weighted by atomic mass is 10.2. The number of nitro benzene ring substituents is 1. The van der Waals surface area contributed by atoms with Gasteiger partial charge in [0.25, 0.3) is 5.69 Å². The first kappa shape index (κ1) is 14.2. The highest BCUT2D eigenvalue weighted by atomic mass is 32.2. The normalized spacial score (nSPS) is 11.4. The van der Waals surface area contributed by atoms with E-state index in [2.05, 4.69) is 14.7 Å². The summed E-state index contributed by atoms with van der Waals surface area (Å²) in [5.41, 5.74) is 0.400. The molecule has 0 aliphatic rings. The highest BCUT2D eigenvalue weighted by Crippen LogP contribution is 2.13. The van der Waals surface area contributed by atoms with E-state index in [4.69, 9.17) is 0 Å². The van der Waals surface area contributed by atoms with Gasteiger partial charge in [0, 0.05) is 24.5 Å². The van der Waals surface area contributed by atoms with Crippen molar-refractivity contribution in [1.29, 1.82) is 0 Å². The Labute approximate surface area is 115 Å². The van der Waals surface area contributed by atoms with Crippen LogP contribution in [0, 0.1) is 10.1 Å². The predicted molar refractivity (Wildman–Crippen MR) is 71.1 cm³/mol. The Kier molecular flexibility index (Phi) is 4.11. The Morgan fingerprint density at radius 2 is 2.00 bits per heavy atom. The van der Waals surface area contributed by atoms with Crippen molar-refractivity contribution in [2.45, 2.75) is 12.3 Å². The number of benzene rings is 1. The number of aromatic amines is 1. The van der Waals surface area contributed by atoms with Crippen molar-refractivity contribution in [3.05, 3.63) is 58.2 Å². The predicted octanol–water partition coefficient (Wildman–Crippen LogP) is 0.938. The van der Waals surface area contributed by atoms with Crippen LogP contribution < -0.4 is 4.72 Å². The van der Waals surface area contributed by atoms with Crippen molar-refractivity contribution in [3.63, 3.8) is 0 Å².